The molecule has 2 unspecified atom stereocenters. The Bertz CT molecular complexity index is 729. The second kappa shape index (κ2) is 7.13. The Morgan fingerprint density at radius 2 is 2.12 bits per heavy atom. The number of aromatic nitrogens is 2. The molecule has 5 nitrogen and oxygen atoms in total. The number of amides is 1. The standard InChI is InChI=1S/C18H22FN3O2/c1-12-14(10-20-22(12)17-9-5-3-7-15(17)19)18(24)21-16-8-4-2-6-13(16)11-23/h3,5,7,9-10,13,16,23H,2,4,6,8,11H2,1H3,(H,21,24). The molecule has 1 aromatic heterocycles. The van der Waals surface area contributed by atoms with Gasteiger partial charge in [0.15, 0.2) is 0 Å². The van der Waals surface area contributed by atoms with E-state index in [0.717, 1.165) is 25.7 Å². The first-order valence-corrected chi connectivity index (χ1v) is 8.33. The van der Waals surface area contributed by atoms with Crippen molar-refractivity contribution in [3.63, 3.8) is 0 Å². The molecule has 6 heteroatoms. The van der Waals surface area contributed by atoms with Gasteiger partial charge in [0.25, 0.3) is 5.91 Å². The number of hydrogen-bond donors (Lipinski definition) is 2. The molecule has 2 atom stereocenters. The van der Waals surface area contributed by atoms with Crippen LogP contribution in [0.4, 0.5) is 4.39 Å². The molecule has 1 heterocycles. The second-order valence-electron chi connectivity index (χ2n) is 6.31. The van der Waals surface area contributed by atoms with Crippen LogP contribution in [0, 0.1) is 18.7 Å². The molecular weight excluding hydrogens is 309 g/mol. The Kier molecular flexibility index (Phi) is 4.94. The van der Waals surface area contributed by atoms with Crippen LogP contribution in [0.5, 0.6) is 0 Å². The summed E-state index contributed by atoms with van der Waals surface area (Å²) in [5, 5.41) is 16.7. The molecule has 1 amide bonds. The Labute approximate surface area is 140 Å². The molecule has 1 saturated carbocycles. The molecule has 0 bridgehead atoms. The smallest absolute Gasteiger partial charge is 0.254 e. The predicted octanol–water partition coefficient (Wildman–Crippen LogP) is 2.60. The molecule has 0 aliphatic heterocycles. The van der Waals surface area contributed by atoms with Crippen LogP contribution < -0.4 is 5.32 Å². The van der Waals surface area contributed by atoms with Crippen LogP contribution >= 0.6 is 0 Å². The second-order valence-corrected chi connectivity index (χ2v) is 6.31. The van der Waals surface area contributed by atoms with Crippen LogP contribution in [0.3, 0.4) is 0 Å². The summed E-state index contributed by atoms with van der Waals surface area (Å²) in [6.45, 7) is 1.83. The fraction of sp³-hybridized carbons (Fsp3) is 0.444. The summed E-state index contributed by atoms with van der Waals surface area (Å²) in [6.07, 6.45) is 5.40. The maximum Gasteiger partial charge on any atom is 0.254 e. The predicted molar refractivity (Wildman–Crippen MR) is 88.6 cm³/mol. The Morgan fingerprint density at radius 1 is 1.38 bits per heavy atom. The molecule has 1 aliphatic rings. The zero-order valence-electron chi connectivity index (χ0n) is 13.7. The third-order valence-corrected chi connectivity index (χ3v) is 4.80. The van der Waals surface area contributed by atoms with Crippen LogP contribution in [0.2, 0.25) is 0 Å². The average Bonchev–Trinajstić information content (AvgIpc) is 2.97. The largest absolute Gasteiger partial charge is 0.396 e. The fourth-order valence-electron chi connectivity index (χ4n) is 3.36. The SMILES string of the molecule is Cc1c(C(=O)NC2CCCCC2CO)cnn1-c1ccccc1F. The molecule has 0 saturated heterocycles. The summed E-state index contributed by atoms with van der Waals surface area (Å²) in [5.74, 6) is -0.506. The molecule has 0 spiro atoms. The molecule has 2 aromatic rings. The van der Waals surface area contributed by atoms with Crippen molar-refractivity contribution in [1.29, 1.82) is 0 Å². The summed E-state index contributed by atoms with van der Waals surface area (Å²) in [4.78, 5) is 12.6. The summed E-state index contributed by atoms with van der Waals surface area (Å²) >= 11 is 0. The van der Waals surface area contributed by atoms with Gasteiger partial charge in [0.05, 0.1) is 17.5 Å². The number of aliphatic hydroxyl groups excluding tert-OH is 1. The van der Waals surface area contributed by atoms with Gasteiger partial charge in [-0.2, -0.15) is 5.10 Å². The van der Waals surface area contributed by atoms with Crippen molar-refractivity contribution >= 4 is 5.91 Å². The molecule has 1 fully saturated rings. The number of rotatable bonds is 4. The maximum absolute atomic E-state index is 13.9. The van der Waals surface area contributed by atoms with Crippen LogP contribution in [-0.2, 0) is 0 Å². The number of benzene rings is 1. The van der Waals surface area contributed by atoms with E-state index in [-0.39, 0.29) is 30.3 Å². The van der Waals surface area contributed by atoms with Gasteiger partial charge in [-0.25, -0.2) is 9.07 Å². The molecule has 0 radical (unpaired) electrons. The van der Waals surface area contributed by atoms with Gasteiger partial charge >= 0.3 is 0 Å². The van der Waals surface area contributed by atoms with Gasteiger partial charge in [-0.05, 0) is 31.9 Å². The normalized spacial score (nSPS) is 20.8. The number of aliphatic hydroxyl groups is 1. The molecule has 1 aromatic carbocycles. The quantitative estimate of drug-likeness (QED) is 0.905. The third-order valence-electron chi connectivity index (χ3n) is 4.80. The number of nitrogens with one attached hydrogen (secondary N) is 1. The Morgan fingerprint density at radius 3 is 2.88 bits per heavy atom. The minimum Gasteiger partial charge on any atom is -0.396 e. The van der Waals surface area contributed by atoms with Crippen molar-refractivity contribution in [2.24, 2.45) is 5.92 Å². The number of para-hydroxylation sites is 1. The van der Waals surface area contributed by atoms with Gasteiger partial charge in [-0.15, -0.1) is 0 Å². The summed E-state index contributed by atoms with van der Waals surface area (Å²) in [7, 11) is 0. The van der Waals surface area contributed by atoms with Gasteiger partial charge in [0.1, 0.15) is 11.5 Å². The number of nitrogens with zero attached hydrogens (tertiary/aromatic N) is 2. The summed E-state index contributed by atoms with van der Waals surface area (Å²) in [6, 6.07) is 6.31. The third kappa shape index (κ3) is 3.19. The van der Waals surface area contributed by atoms with Crippen LogP contribution in [0.15, 0.2) is 30.5 Å². The highest BCUT2D eigenvalue weighted by molar-refractivity contribution is 5.95. The molecule has 3 rings (SSSR count). The van der Waals surface area contributed by atoms with Gasteiger partial charge in [-0.3, -0.25) is 4.79 Å². The van der Waals surface area contributed by atoms with Crippen molar-refractivity contribution in [2.45, 2.75) is 38.6 Å². The number of carbonyl (C=O) groups is 1. The lowest BCUT2D eigenvalue weighted by molar-refractivity contribution is 0.0872. The molecule has 24 heavy (non-hydrogen) atoms. The van der Waals surface area contributed by atoms with Crippen LogP contribution in [-0.4, -0.2) is 33.4 Å². The zero-order chi connectivity index (χ0) is 17.1. The van der Waals surface area contributed by atoms with E-state index < -0.39 is 0 Å². The van der Waals surface area contributed by atoms with Crippen molar-refractivity contribution in [2.75, 3.05) is 6.61 Å². The van der Waals surface area contributed by atoms with Gasteiger partial charge in [0.2, 0.25) is 0 Å². The van der Waals surface area contributed by atoms with Crippen LogP contribution in [0.25, 0.3) is 5.69 Å². The first-order chi connectivity index (χ1) is 11.6. The molecule has 1 aliphatic carbocycles. The lowest BCUT2D eigenvalue weighted by Crippen LogP contribution is -2.43. The van der Waals surface area contributed by atoms with Crippen LogP contribution in [0.1, 0.15) is 41.7 Å². The van der Waals surface area contributed by atoms with E-state index in [2.05, 4.69) is 10.4 Å². The molecule has 128 valence electrons. The van der Waals surface area contributed by atoms with E-state index in [1.54, 1.807) is 25.1 Å². The van der Waals surface area contributed by atoms with E-state index in [1.807, 2.05) is 0 Å². The van der Waals surface area contributed by atoms with Gasteiger partial charge in [-0.1, -0.05) is 25.0 Å². The van der Waals surface area contributed by atoms with E-state index in [4.69, 9.17) is 0 Å². The average molecular weight is 331 g/mol. The van der Waals surface area contributed by atoms with E-state index in [9.17, 15) is 14.3 Å². The highest BCUT2D eigenvalue weighted by Gasteiger charge is 2.27. The molecule has 2 N–H and O–H groups in total. The van der Waals surface area contributed by atoms with Gasteiger partial charge in [0, 0.05) is 18.6 Å². The Hall–Kier alpha value is -2.21. The summed E-state index contributed by atoms with van der Waals surface area (Å²) in [5.41, 5.74) is 1.34. The number of hydrogen-bond acceptors (Lipinski definition) is 3. The minimum absolute atomic E-state index is 0.0209. The topological polar surface area (TPSA) is 67.2 Å². The van der Waals surface area contributed by atoms with Crippen molar-refractivity contribution in [3.8, 4) is 5.69 Å². The first kappa shape index (κ1) is 16.6. The monoisotopic (exact) mass is 331 g/mol. The Balaban J connectivity index is 1.80. The maximum atomic E-state index is 13.9. The summed E-state index contributed by atoms with van der Waals surface area (Å²) < 4.78 is 15.4. The highest BCUT2D eigenvalue weighted by atomic mass is 19.1. The zero-order valence-corrected chi connectivity index (χ0v) is 13.7. The van der Waals surface area contributed by atoms with E-state index in [0.29, 0.717) is 16.9 Å². The minimum atomic E-state index is -0.386. The molecular formula is C18H22FN3O2. The highest BCUT2D eigenvalue weighted by Crippen LogP contribution is 2.25. The van der Waals surface area contributed by atoms with Crippen molar-refractivity contribution in [3.05, 3.63) is 47.5 Å². The van der Waals surface area contributed by atoms with E-state index in [1.165, 1.54) is 16.9 Å². The number of carbonyl (C=O) groups excluding carboxylic acids is 1. The van der Waals surface area contributed by atoms with Crippen molar-refractivity contribution < 1.29 is 14.3 Å². The number of halogens is 1. The van der Waals surface area contributed by atoms with E-state index >= 15 is 0 Å². The lowest BCUT2D eigenvalue weighted by atomic mass is 9.85. The fourth-order valence-corrected chi connectivity index (χ4v) is 3.36. The van der Waals surface area contributed by atoms with Crippen molar-refractivity contribution in [1.82, 2.24) is 15.1 Å². The first-order valence-electron chi connectivity index (χ1n) is 8.33. The lowest BCUT2D eigenvalue weighted by Gasteiger charge is -2.30. The van der Waals surface area contributed by atoms with Gasteiger partial charge < -0.3 is 10.4 Å².